The minimum absolute atomic E-state index is 0.637. The lowest BCUT2D eigenvalue weighted by Crippen LogP contribution is -1.83. The standard InChI is InChI=1S/C14H9Br2NO/c1-8-10(15)6-9(7-11(8)16)14-17-12-4-2-3-5-13(12)18-14/h2-7H,1H3. The number of benzene rings is 2. The van der Waals surface area contributed by atoms with Gasteiger partial charge in [0.05, 0.1) is 0 Å². The lowest BCUT2D eigenvalue weighted by molar-refractivity contribution is 0.619. The number of nitrogens with zero attached hydrogens (tertiary/aromatic N) is 1. The number of aromatic nitrogens is 1. The number of hydrogen-bond donors (Lipinski definition) is 0. The van der Waals surface area contributed by atoms with E-state index < -0.39 is 0 Å². The van der Waals surface area contributed by atoms with Crippen molar-refractivity contribution in [2.45, 2.75) is 6.92 Å². The van der Waals surface area contributed by atoms with Gasteiger partial charge in [-0.05, 0) is 36.8 Å². The summed E-state index contributed by atoms with van der Waals surface area (Å²) < 4.78 is 7.82. The second-order valence-corrected chi connectivity index (χ2v) is 5.76. The van der Waals surface area contributed by atoms with Crippen LogP contribution in [0.25, 0.3) is 22.6 Å². The fourth-order valence-corrected chi connectivity index (χ4v) is 2.95. The molecule has 0 spiro atoms. The molecule has 0 bridgehead atoms. The van der Waals surface area contributed by atoms with Gasteiger partial charge in [0.25, 0.3) is 0 Å². The molecule has 1 heterocycles. The summed E-state index contributed by atoms with van der Waals surface area (Å²) in [4.78, 5) is 4.49. The van der Waals surface area contributed by atoms with Gasteiger partial charge in [-0.2, -0.15) is 0 Å². The van der Waals surface area contributed by atoms with Gasteiger partial charge in [-0.25, -0.2) is 4.98 Å². The van der Waals surface area contributed by atoms with Gasteiger partial charge in [-0.1, -0.05) is 44.0 Å². The number of fused-ring (bicyclic) bond motifs is 1. The molecular weight excluding hydrogens is 358 g/mol. The van der Waals surface area contributed by atoms with Crippen LogP contribution in [0.4, 0.5) is 0 Å². The summed E-state index contributed by atoms with van der Waals surface area (Å²) in [7, 11) is 0. The van der Waals surface area contributed by atoms with E-state index in [1.165, 1.54) is 0 Å². The van der Waals surface area contributed by atoms with E-state index in [-0.39, 0.29) is 0 Å². The Kier molecular flexibility index (Phi) is 2.99. The van der Waals surface area contributed by atoms with Gasteiger partial charge < -0.3 is 4.42 Å². The minimum Gasteiger partial charge on any atom is -0.436 e. The van der Waals surface area contributed by atoms with Crippen molar-refractivity contribution in [1.82, 2.24) is 4.98 Å². The summed E-state index contributed by atoms with van der Waals surface area (Å²) in [6, 6.07) is 11.8. The predicted molar refractivity (Wildman–Crippen MR) is 79.6 cm³/mol. The predicted octanol–water partition coefficient (Wildman–Crippen LogP) is 5.33. The number of rotatable bonds is 1. The van der Waals surface area contributed by atoms with Crippen LogP contribution in [0, 0.1) is 6.92 Å². The number of para-hydroxylation sites is 2. The lowest BCUT2D eigenvalue weighted by atomic mass is 10.1. The normalized spacial score (nSPS) is 11.1. The summed E-state index contributed by atoms with van der Waals surface area (Å²) in [6.07, 6.45) is 0. The summed E-state index contributed by atoms with van der Waals surface area (Å²) in [5.74, 6) is 0.637. The molecule has 3 rings (SSSR count). The van der Waals surface area contributed by atoms with Crippen molar-refractivity contribution >= 4 is 43.0 Å². The van der Waals surface area contributed by atoms with E-state index in [0.717, 1.165) is 31.2 Å². The molecule has 0 amide bonds. The molecule has 0 aliphatic heterocycles. The van der Waals surface area contributed by atoms with Crippen molar-refractivity contribution < 1.29 is 4.42 Å². The molecule has 0 radical (unpaired) electrons. The molecule has 3 aromatic rings. The maximum atomic E-state index is 5.75. The van der Waals surface area contributed by atoms with Crippen LogP contribution in [0.5, 0.6) is 0 Å². The van der Waals surface area contributed by atoms with Crippen molar-refractivity contribution in [2.75, 3.05) is 0 Å². The smallest absolute Gasteiger partial charge is 0.227 e. The molecule has 0 atom stereocenters. The number of hydrogen-bond acceptors (Lipinski definition) is 2. The molecule has 4 heteroatoms. The Hall–Kier alpha value is -1.13. The third-order valence-corrected chi connectivity index (χ3v) is 4.47. The molecule has 0 unspecified atom stereocenters. The second kappa shape index (κ2) is 4.52. The first-order chi connectivity index (χ1) is 8.65. The number of oxazole rings is 1. The van der Waals surface area contributed by atoms with E-state index in [9.17, 15) is 0 Å². The van der Waals surface area contributed by atoms with E-state index in [2.05, 4.69) is 36.8 Å². The summed E-state index contributed by atoms with van der Waals surface area (Å²) in [5, 5.41) is 0. The molecule has 1 aromatic heterocycles. The van der Waals surface area contributed by atoms with Crippen molar-refractivity contribution in [3.8, 4) is 11.5 Å². The topological polar surface area (TPSA) is 26.0 Å². The fraction of sp³-hybridized carbons (Fsp3) is 0.0714. The van der Waals surface area contributed by atoms with E-state index in [0.29, 0.717) is 5.89 Å². The van der Waals surface area contributed by atoms with E-state index in [1.807, 2.05) is 43.3 Å². The Bertz CT molecular complexity index is 677. The average molecular weight is 367 g/mol. The van der Waals surface area contributed by atoms with Gasteiger partial charge in [0.1, 0.15) is 5.52 Å². The molecule has 18 heavy (non-hydrogen) atoms. The Morgan fingerprint density at radius 2 is 1.72 bits per heavy atom. The summed E-state index contributed by atoms with van der Waals surface area (Å²) in [6.45, 7) is 2.05. The van der Waals surface area contributed by atoms with Crippen LogP contribution in [0.1, 0.15) is 5.56 Å². The molecule has 0 saturated carbocycles. The van der Waals surface area contributed by atoms with Crippen molar-refractivity contribution in [1.29, 1.82) is 0 Å². The highest BCUT2D eigenvalue weighted by atomic mass is 79.9. The second-order valence-electron chi connectivity index (χ2n) is 4.05. The van der Waals surface area contributed by atoms with Gasteiger partial charge >= 0.3 is 0 Å². The van der Waals surface area contributed by atoms with Crippen LogP contribution in [0.3, 0.4) is 0 Å². The van der Waals surface area contributed by atoms with Crippen LogP contribution in [0.2, 0.25) is 0 Å². The molecule has 0 aliphatic carbocycles. The highest BCUT2D eigenvalue weighted by Crippen LogP contribution is 2.32. The maximum Gasteiger partial charge on any atom is 0.227 e. The Morgan fingerprint density at radius 1 is 1.06 bits per heavy atom. The Labute approximate surface area is 121 Å². The molecule has 2 aromatic carbocycles. The van der Waals surface area contributed by atoms with E-state index in [1.54, 1.807) is 0 Å². The van der Waals surface area contributed by atoms with Crippen LogP contribution >= 0.6 is 31.9 Å². The van der Waals surface area contributed by atoms with Crippen LogP contribution in [-0.4, -0.2) is 4.98 Å². The van der Waals surface area contributed by atoms with Crippen LogP contribution < -0.4 is 0 Å². The van der Waals surface area contributed by atoms with Gasteiger partial charge in [-0.3, -0.25) is 0 Å². The van der Waals surface area contributed by atoms with Gasteiger partial charge in [0, 0.05) is 14.5 Å². The molecule has 0 aliphatic rings. The quantitative estimate of drug-likeness (QED) is 0.581. The van der Waals surface area contributed by atoms with Gasteiger partial charge in [0.2, 0.25) is 5.89 Å². The molecule has 0 N–H and O–H groups in total. The Morgan fingerprint density at radius 3 is 2.39 bits per heavy atom. The van der Waals surface area contributed by atoms with Gasteiger partial charge in [0.15, 0.2) is 5.58 Å². The zero-order valence-electron chi connectivity index (χ0n) is 9.58. The minimum atomic E-state index is 0.637. The third kappa shape index (κ3) is 1.99. The third-order valence-electron chi connectivity index (χ3n) is 2.82. The highest BCUT2D eigenvalue weighted by molar-refractivity contribution is 9.11. The zero-order chi connectivity index (χ0) is 12.7. The summed E-state index contributed by atoms with van der Waals surface area (Å²) >= 11 is 7.08. The molecule has 90 valence electrons. The molecule has 0 saturated heterocycles. The lowest BCUT2D eigenvalue weighted by Gasteiger charge is -2.03. The first kappa shape index (κ1) is 11.9. The fourth-order valence-electron chi connectivity index (χ4n) is 1.76. The van der Waals surface area contributed by atoms with Gasteiger partial charge in [-0.15, -0.1) is 0 Å². The largest absolute Gasteiger partial charge is 0.436 e. The average Bonchev–Trinajstić information content (AvgIpc) is 2.79. The molecule has 2 nitrogen and oxygen atoms in total. The SMILES string of the molecule is Cc1c(Br)cc(-c2nc3ccccc3o2)cc1Br. The maximum absolute atomic E-state index is 5.75. The molecule has 0 fully saturated rings. The van der Waals surface area contributed by atoms with E-state index in [4.69, 9.17) is 4.42 Å². The molecular formula is C14H9Br2NO. The highest BCUT2D eigenvalue weighted by Gasteiger charge is 2.11. The summed E-state index contributed by atoms with van der Waals surface area (Å²) in [5.41, 5.74) is 3.80. The first-order valence-electron chi connectivity index (χ1n) is 5.47. The zero-order valence-corrected chi connectivity index (χ0v) is 12.7. The monoisotopic (exact) mass is 365 g/mol. The van der Waals surface area contributed by atoms with Crippen molar-refractivity contribution in [2.24, 2.45) is 0 Å². The van der Waals surface area contributed by atoms with Crippen molar-refractivity contribution in [3.05, 3.63) is 50.9 Å². The van der Waals surface area contributed by atoms with Crippen LogP contribution in [0.15, 0.2) is 49.8 Å². The Balaban J connectivity index is 2.20. The van der Waals surface area contributed by atoms with E-state index >= 15 is 0 Å². The van der Waals surface area contributed by atoms with Crippen molar-refractivity contribution in [3.63, 3.8) is 0 Å². The first-order valence-corrected chi connectivity index (χ1v) is 7.05. The number of halogens is 2. The van der Waals surface area contributed by atoms with Crippen LogP contribution in [-0.2, 0) is 0 Å².